The number of fused-ring (bicyclic) bond motifs is 1. The minimum atomic E-state index is 0.0118. The van der Waals surface area contributed by atoms with Crippen LogP contribution in [0.4, 0.5) is 0 Å². The largest absolute Gasteiger partial charge is 0.331 e. The zero-order valence-corrected chi connectivity index (χ0v) is 11.2. The van der Waals surface area contributed by atoms with Crippen molar-refractivity contribution < 1.29 is 0 Å². The van der Waals surface area contributed by atoms with Crippen molar-refractivity contribution >= 4 is 11.0 Å². The van der Waals surface area contributed by atoms with E-state index < -0.39 is 0 Å². The quantitative estimate of drug-likeness (QED) is 0.794. The van der Waals surface area contributed by atoms with Crippen molar-refractivity contribution in [2.45, 2.75) is 19.4 Å². The van der Waals surface area contributed by atoms with Gasteiger partial charge in [-0.25, -0.2) is 4.98 Å². The minimum Gasteiger partial charge on any atom is -0.331 e. The van der Waals surface area contributed by atoms with Crippen LogP contribution in [0.2, 0.25) is 0 Å². The van der Waals surface area contributed by atoms with Crippen LogP contribution in [0.3, 0.4) is 0 Å². The maximum Gasteiger partial charge on any atom is 0.106 e. The first-order valence-electron chi connectivity index (χ1n) is 6.49. The van der Waals surface area contributed by atoms with E-state index in [-0.39, 0.29) is 5.54 Å². The van der Waals surface area contributed by atoms with Crippen LogP contribution >= 0.6 is 0 Å². The fourth-order valence-electron chi connectivity index (χ4n) is 2.70. The summed E-state index contributed by atoms with van der Waals surface area (Å²) in [5, 5.41) is 7.05. The van der Waals surface area contributed by atoms with Gasteiger partial charge in [0.05, 0.1) is 16.6 Å². The molecule has 1 atom stereocenters. The molecule has 1 unspecified atom stereocenters. The maximum absolute atomic E-state index is 4.61. The highest BCUT2D eigenvalue weighted by Crippen LogP contribution is 2.25. The number of aromatic nitrogens is 2. The predicted molar refractivity (Wildman–Crippen MR) is 73.7 cm³/mol. The monoisotopic (exact) mass is 244 g/mol. The van der Waals surface area contributed by atoms with Gasteiger partial charge in [-0.15, -0.1) is 0 Å². The standard InChI is InChI=1S/C14H20N4/c1-10-17-12-8-11(4-5-13(12)18(10)3)14(2)9-15-6-7-16-14/h4-5,8,15-16H,6-7,9H2,1-3H3. The first kappa shape index (κ1) is 11.7. The molecule has 1 aromatic carbocycles. The Morgan fingerprint density at radius 1 is 1.33 bits per heavy atom. The summed E-state index contributed by atoms with van der Waals surface area (Å²) < 4.78 is 2.13. The summed E-state index contributed by atoms with van der Waals surface area (Å²) in [6.07, 6.45) is 0. The molecule has 2 N–H and O–H groups in total. The second-order valence-corrected chi connectivity index (χ2v) is 5.36. The van der Waals surface area contributed by atoms with Crippen LogP contribution in [-0.2, 0) is 12.6 Å². The molecule has 2 heterocycles. The van der Waals surface area contributed by atoms with Gasteiger partial charge in [0.15, 0.2) is 0 Å². The minimum absolute atomic E-state index is 0.0118. The van der Waals surface area contributed by atoms with Crippen LogP contribution in [0.1, 0.15) is 18.3 Å². The molecule has 1 saturated heterocycles. The first-order valence-corrected chi connectivity index (χ1v) is 6.49. The Balaban J connectivity index is 2.07. The van der Waals surface area contributed by atoms with Gasteiger partial charge >= 0.3 is 0 Å². The summed E-state index contributed by atoms with van der Waals surface area (Å²) in [5.41, 5.74) is 3.60. The van der Waals surface area contributed by atoms with Crippen LogP contribution < -0.4 is 10.6 Å². The Kier molecular flexibility index (Phi) is 2.64. The highest BCUT2D eigenvalue weighted by atomic mass is 15.1. The van der Waals surface area contributed by atoms with E-state index in [4.69, 9.17) is 0 Å². The van der Waals surface area contributed by atoms with Gasteiger partial charge in [-0.1, -0.05) is 6.07 Å². The number of benzene rings is 1. The summed E-state index contributed by atoms with van der Waals surface area (Å²) in [6.45, 7) is 7.30. The van der Waals surface area contributed by atoms with Crippen LogP contribution in [-0.4, -0.2) is 29.2 Å². The third kappa shape index (κ3) is 1.72. The maximum atomic E-state index is 4.61. The Hall–Kier alpha value is -1.39. The average Bonchev–Trinajstić information content (AvgIpc) is 2.66. The molecule has 1 aliphatic heterocycles. The molecular weight excluding hydrogens is 224 g/mol. The van der Waals surface area contributed by atoms with E-state index in [1.807, 2.05) is 6.92 Å². The average molecular weight is 244 g/mol. The van der Waals surface area contributed by atoms with Gasteiger partial charge in [0, 0.05) is 26.7 Å². The molecule has 2 aromatic rings. The first-order chi connectivity index (χ1) is 8.60. The summed E-state index contributed by atoms with van der Waals surface area (Å²) in [4.78, 5) is 4.61. The molecule has 0 bridgehead atoms. The normalized spacial score (nSPS) is 24.6. The van der Waals surface area contributed by atoms with Crippen LogP contribution in [0, 0.1) is 6.92 Å². The summed E-state index contributed by atoms with van der Waals surface area (Å²) >= 11 is 0. The van der Waals surface area contributed by atoms with Crippen molar-refractivity contribution in [3.05, 3.63) is 29.6 Å². The van der Waals surface area contributed by atoms with Crippen molar-refractivity contribution in [2.75, 3.05) is 19.6 Å². The van der Waals surface area contributed by atoms with Crippen molar-refractivity contribution in [3.8, 4) is 0 Å². The summed E-state index contributed by atoms with van der Waals surface area (Å²) in [7, 11) is 2.06. The third-order valence-corrected chi connectivity index (χ3v) is 4.04. The lowest BCUT2D eigenvalue weighted by Crippen LogP contribution is -2.54. The van der Waals surface area contributed by atoms with Crippen molar-refractivity contribution in [3.63, 3.8) is 0 Å². The second-order valence-electron chi connectivity index (χ2n) is 5.36. The number of hydrogen-bond acceptors (Lipinski definition) is 3. The third-order valence-electron chi connectivity index (χ3n) is 4.04. The predicted octanol–water partition coefficient (Wildman–Crippen LogP) is 1.29. The molecule has 0 spiro atoms. The molecule has 0 aliphatic carbocycles. The van der Waals surface area contributed by atoms with Gasteiger partial charge in [0.1, 0.15) is 5.82 Å². The molecular formula is C14H20N4. The zero-order chi connectivity index (χ0) is 12.8. The fraction of sp³-hybridized carbons (Fsp3) is 0.500. The zero-order valence-electron chi connectivity index (χ0n) is 11.2. The Morgan fingerprint density at radius 3 is 2.89 bits per heavy atom. The number of imidazole rings is 1. The lowest BCUT2D eigenvalue weighted by molar-refractivity contribution is 0.303. The highest BCUT2D eigenvalue weighted by Gasteiger charge is 2.28. The number of hydrogen-bond donors (Lipinski definition) is 2. The van der Waals surface area contributed by atoms with E-state index in [2.05, 4.69) is 52.4 Å². The van der Waals surface area contributed by atoms with Gasteiger partial charge < -0.3 is 15.2 Å². The molecule has 96 valence electrons. The SMILES string of the molecule is Cc1nc2cc(C3(C)CNCCN3)ccc2n1C. The Bertz CT molecular complexity index is 579. The lowest BCUT2D eigenvalue weighted by Gasteiger charge is -2.36. The summed E-state index contributed by atoms with van der Waals surface area (Å²) in [6, 6.07) is 6.60. The molecule has 0 amide bonds. The Morgan fingerprint density at radius 2 is 2.17 bits per heavy atom. The van der Waals surface area contributed by atoms with Crippen LogP contribution in [0.25, 0.3) is 11.0 Å². The van der Waals surface area contributed by atoms with Gasteiger partial charge in [0.2, 0.25) is 0 Å². The van der Waals surface area contributed by atoms with Gasteiger partial charge in [0.25, 0.3) is 0 Å². The number of aryl methyl sites for hydroxylation is 2. The van der Waals surface area contributed by atoms with E-state index in [1.54, 1.807) is 0 Å². The number of piperazine rings is 1. The number of nitrogens with one attached hydrogen (secondary N) is 2. The van der Waals surface area contributed by atoms with E-state index >= 15 is 0 Å². The molecule has 0 radical (unpaired) electrons. The van der Waals surface area contributed by atoms with Gasteiger partial charge in [-0.2, -0.15) is 0 Å². The number of rotatable bonds is 1. The van der Waals surface area contributed by atoms with Crippen molar-refractivity contribution in [2.24, 2.45) is 7.05 Å². The Labute approximate surface area is 107 Å². The van der Waals surface area contributed by atoms with Crippen LogP contribution in [0.5, 0.6) is 0 Å². The van der Waals surface area contributed by atoms with Crippen LogP contribution in [0.15, 0.2) is 18.2 Å². The molecule has 1 aromatic heterocycles. The molecule has 1 aliphatic rings. The van der Waals surface area contributed by atoms with Gasteiger partial charge in [-0.3, -0.25) is 0 Å². The molecule has 3 rings (SSSR count). The summed E-state index contributed by atoms with van der Waals surface area (Å²) in [5.74, 6) is 1.06. The highest BCUT2D eigenvalue weighted by molar-refractivity contribution is 5.77. The van der Waals surface area contributed by atoms with Crippen molar-refractivity contribution in [1.29, 1.82) is 0 Å². The topological polar surface area (TPSA) is 41.9 Å². The molecule has 1 fully saturated rings. The fourth-order valence-corrected chi connectivity index (χ4v) is 2.70. The van der Waals surface area contributed by atoms with Gasteiger partial charge in [-0.05, 0) is 31.5 Å². The molecule has 4 heteroatoms. The molecule has 0 saturated carbocycles. The van der Waals surface area contributed by atoms with E-state index in [0.29, 0.717) is 0 Å². The molecule has 4 nitrogen and oxygen atoms in total. The second kappa shape index (κ2) is 4.07. The lowest BCUT2D eigenvalue weighted by atomic mass is 9.90. The number of nitrogens with zero attached hydrogens (tertiary/aromatic N) is 2. The van der Waals surface area contributed by atoms with Crippen molar-refractivity contribution in [1.82, 2.24) is 20.2 Å². The smallest absolute Gasteiger partial charge is 0.106 e. The van der Waals surface area contributed by atoms with E-state index in [9.17, 15) is 0 Å². The van der Waals surface area contributed by atoms with E-state index in [1.165, 1.54) is 11.1 Å². The van der Waals surface area contributed by atoms with E-state index in [0.717, 1.165) is 31.0 Å². The molecule has 18 heavy (non-hydrogen) atoms.